The average molecular weight is 357 g/mol. The first-order chi connectivity index (χ1) is 11.0. The highest BCUT2D eigenvalue weighted by atomic mass is 35.5. The first-order valence-electron chi connectivity index (χ1n) is 6.39. The summed E-state index contributed by atoms with van der Waals surface area (Å²) in [6.07, 6.45) is 0. The lowest BCUT2D eigenvalue weighted by Gasteiger charge is -2.10. The molecular weight excluding hydrogens is 346 g/mol. The van der Waals surface area contributed by atoms with E-state index in [0.717, 1.165) is 6.07 Å². The second kappa shape index (κ2) is 7.80. The topological polar surface area (TPSA) is 67.4 Å². The third-order valence-electron chi connectivity index (χ3n) is 2.69. The fraction of sp³-hybridized carbons (Fsp3) is 0.0667. The molecule has 0 fully saturated rings. The Kier molecular flexibility index (Phi) is 5.78. The van der Waals surface area contributed by atoms with Gasteiger partial charge in [-0.2, -0.15) is 0 Å². The van der Waals surface area contributed by atoms with Gasteiger partial charge in [0.05, 0.1) is 10.6 Å². The molecule has 2 aromatic carbocycles. The zero-order valence-corrected chi connectivity index (χ0v) is 13.1. The van der Waals surface area contributed by atoms with Gasteiger partial charge in [0.1, 0.15) is 11.6 Å². The summed E-state index contributed by atoms with van der Waals surface area (Å²) in [7, 11) is 0. The van der Waals surface area contributed by atoms with E-state index < -0.39 is 17.6 Å². The van der Waals surface area contributed by atoms with E-state index in [1.54, 1.807) is 6.07 Å². The van der Waals surface area contributed by atoms with Gasteiger partial charge in [-0.3, -0.25) is 20.4 Å². The molecule has 2 amide bonds. The number of carbonyl (C=O) groups is 2. The fourth-order valence-electron chi connectivity index (χ4n) is 1.61. The average Bonchev–Trinajstić information content (AvgIpc) is 2.52. The minimum atomic E-state index is -0.777. The predicted octanol–water partition coefficient (Wildman–Crippen LogP) is 2.97. The molecule has 0 heterocycles. The Labute approximate surface area is 141 Å². The van der Waals surface area contributed by atoms with Gasteiger partial charge < -0.3 is 4.74 Å². The smallest absolute Gasteiger partial charge is 0.276 e. The molecule has 2 N–H and O–H groups in total. The van der Waals surface area contributed by atoms with Gasteiger partial charge in [-0.1, -0.05) is 35.3 Å². The van der Waals surface area contributed by atoms with Crippen LogP contribution in [0.25, 0.3) is 0 Å². The quantitative estimate of drug-likeness (QED) is 0.827. The van der Waals surface area contributed by atoms with Crippen molar-refractivity contribution in [3.63, 3.8) is 0 Å². The van der Waals surface area contributed by atoms with E-state index >= 15 is 0 Å². The normalized spacial score (nSPS) is 10.0. The van der Waals surface area contributed by atoms with Crippen molar-refractivity contribution in [2.45, 2.75) is 0 Å². The van der Waals surface area contributed by atoms with Crippen molar-refractivity contribution in [1.29, 1.82) is 0 Å². The summed E-state index contributed by atoms with van der Waals surface area (Å²) in [4.78, 5) is 23.3. The Morgan fingerprint density at radius 1 is 1.09 bits per heavy atom. The monoisotopic (exact) mass is 356 g/mol. The molecule has 0 aliphatic heterocycles. The van der Waals surface area contributed by atoms with Crippen LogP contribution in [0.15, 0.2) is 42.5 Å². The Balaban J connectivity index is 1.83. The molecule has 0 bridgehead atoms. The number of rotatable bonds is 4. The minimum absolute atomic E-state index is 0.186. The minimum Gasteiger partial charge on any atom is -0.482 e. The molecule has 120 valence electrons. The van der Waals surface area contributed by atoms with E-state index in [0.29, 0.717) is 5.02 Å². The number of nitrogens with one attached hydrogen (secondary N) is 2. The van der Waals surface area contributed by atoms with Crippen molar-refractivity contribution in [3.05, 3.63) is 63.9 Å². The number of amides is 2. The molecular formula is C15H11Cl2FN2O3. The van der Waals surface area contributed by atoms with Gasteiger partial charge in [0, 0.05) is 5.02 Å². The van der Waals surface area contributed by atoms with Crippen LogP contribution in [0, 0.1) is 5.82 Å². The molecule has 0 radical (unpaired) electrons. The molecule has 0 aliphatic rings. The zero-order valence-electron chi connectivity index (χ0n) is 11.6. The van der Waals surface area contributed by atoms with E-state index in [1.807, 2.05) is 0 Å². The van der Waals surface area contributed by atoms with Gasteiger partial charge in [-0.05, 0) is 30.3 Å². The van der Waals surface area contributed by atoms with E-state index in [-0.39, 0.29) is 22.9 Å². The molecule has 0 atom stereocenters. The lowest BCUT2D eigenvalue weighted by Crippen LogP contribution is -2.44. The third-order valence-corrected chi connectivity index (χ3v) is 3.22. The van der Waals surface area contributed by atoms with Crippen molar-refractivity contribution in [1.82, 2.24) is 10.9 Å². The van der Waals surface area contributed by atoms with E-state index in [2.05, 4.69) is 10.9 Å². The standard InChI is InChI=1S/C15H11Cl2FN2O3/c16-9-5-6-13(11(17)7-9)23-8-14(21)19-20-15(22)10-3-1-2-4-12(10)18/h1-7H,8H2,(H,19,21)(H,20,22). The molecule has 0 unspecified atom stereocenters. The van der Waals surface area contributed by atoms with Gasteiger partial charge in [-0.25, -0.2) is 4.39 Å². The van der Waals surface area contributed by atoms with Crippen molar-refractivity contribution in [2.24, 2.45) is 0 Å². The lowest BCUT2D eigenvalue weighted by molar-refractivity contribution is -0.123. The van der Waals surface area contributed by atoms with Gasteiger partial charge in [0.15, 0.2) is 6.61 Å². The Morgan fingerprint density at radius 3 is 2.52 bits per heavy atom. The molecule has 0 saturated heterocycles. The first kappa shape index (κ1) is 17.1. The van der Waals surface area contributed by atoms with Crippen molar-refractivity contribution >= 4 is 35.0 Å². The van der Waals surface area contributed by atoms with Crippen LogP contribution < -0.4 is 15.6 Å². The summed E-state index contributed by atoms with van der Waals surface area (Å²) in [5, 5.41) is 0.685. The lowest BCUT2D eigenvalue weighted by atomic mass is 10.2. The van der Waals surface area contributed by atoms with Crippen LogP contribution in [0.5, 0.6) is 5.75 Å². The maximum absolute atomic E-state index is 13.4. The second-order valence-corrected chi connectivity index (χ2v) is 5.19. The highest BCUT2D eigenvalue weighted by molar-refractivity contribution is 6.35. The molecule has 0 saturated carbocycles. The number of hydrazine groups is 1. The summed E-state index contributed by atoms with van der Waals surface area (Å²) in [5.74, 6) is -1.84. The molecule has 0 spiro atoms. The Hall–Kier alpha value is -2.31. The largest absolute Gasteiger partial charge is 0.482 e. The number of ether oxygens (including phenoxy) is 1. The summed E-state index contributed by atoms with van der Waals surface area (Å²) >= 11 is 11.6. The van der Waals surface area contributed by atoms with Crippen LogP contribution >= 0.6 is 23.2 Å². The van der Waals surface area contributed by atoms with Crippen molar-refractivity contribution < 1.29 is 18.7 Å². The number of benzene rings is 2. The predicted molar refractivity (Wildman–Crippen MR) is 84.0 cm³/mol. The summed E-state index contributed by atoms with van der Waals surface area (Å²) < 4.78 is 18.6. The zero-order chi connectivity index (χ0) is 16.8. The second-order valence-electron chi connectivity index (χ2n) is 4.35. The Morgan fingerprint density at radius 2 is 1.83 bits per heavy atom. The first-order valence-corrected chi connectivity index (χ1v) is 7.14. The van der Waals surface area contributed by atoms with Gasteiger partial charge in [0.2, 0.25) is 0 Å². The maximum Gasteiger partial charge on any atom is 0.276 e. The van der Waals surface area contributed by atoms with Crippen molar-refractivity contribution in [3.8, 4) is 5.75 Å². The van der Waals surface area contributed by atoms with Crippen LogP contribution in [-0.4, -0.2) is 18.4 Å². The highest BCUT2D eigenvalue weighted by Crippen LogP contribution is 2.27. The van der Waals surface area contributed by atoms with E-state index in [4.69, 9.17) is 27.9 Å². The van der Waals surface area contributed by atoms with E-state index in [9.17, 15) is 14.0 Å². The van der Waals surface area contributed by atoms with Gasteiger partial charge in [-0.15, -0.1) is 0 Å². The van der Waals surface area contributed by atoms with Crippen LogP contribution in [0.3, 0.4) is 0 Å². The van der Waals surface area contributed by atoms with Gasteiger partial charge >= 0.3 is 0 Å². The molecule has 2 aromatic rings. The summed E-state index contributed by atoms with van der Waals surface area (Å²) in [5.41, 5.74) is 4.01. The van der Waals surface area contributed by atoms with Crippen LogP contribution in [-0.2, 0) is 4.79 Å². The Bertz CT molecular complexity index is 740. The SMILES string of the molecule is O=C(COc1ccc(Cl)cc1Cl)NNC(=O)c1ccccc1F. The van der Waals surface area contributed by atoms with Gasteiger partial charge in [0.25, 0.3) is 11.8 Å². The number of hydrogen-bond acceptors (Lipinski definition) is 3. The molecule has 0 aliphatic carbocycles. The molecule has 0 aromatic heterocycles. The number of carbonyl (C=O) groups excluding carboxylic acids is 2. The summed E-state index contributed by atoms with van der Waals surface area (Å²) in [6, 6.07) is 9.93. The number of halogens is 3. The fourth-order valence-corrected chi connectivity index (χ4v) is 2.07. The molecule has 8 heteroatoms. The van der Waals surface area contributed by atoms with Crippen LogP contribution in [0.4, 0.5) is 4.39 Å². The van der Waals surface area contributed by atoms with Crippen molar-refractivity contribution in [2.75, 3.05) is 6.61 Å². The van der Waals surface area contributed by atoms with Crippen LogP contribution in [0.2, 0.25) is 10.0 Å². The molecule has 23 heavy (non-hydrogen) atoms. The highest BCUT2D eigenvalue weighted by Gasteiger charge is 2.12. The van der Waals surface area contributed by atoms with Crippen LogP contribution in [0.1, 0.15) is 10.4 Å². The number of hydrogen-bond donors (Lipinski definition) is 2. The molecule has 2 rings (SSSR count). The third kappa shape index (κ3) is 4.84. The molecule has 5 nitrogen and oxygen atoms in total. The summed E-state index contributed by atoms with van der Waals surface area (Å²) in [6.45, 7) is -0.390. The van der Waals surface area contributed by atoms with E-state index in [1.165, 1.54) is 30.3 Å². The maximum atomic E-state index is 13.4.